The molecule has 19 heavy (non-hydrogen) atoms. The van der Waals surface area contributed by atoms with E-state index in [9.17, 15) is 13.2 Å². The lowest BCUT2D eigenvalue weighted by atomic mass is 10.3. The Bertz CT molecular complexity index is 705. The van der Waals surface area contributed by atoms with Gasteiger partial charge in [-0.15, -0.1) is 0 Å². The Morgan fingerprint density at radius 3 is 2.37 bits per heavy atom. The number of nitrogens with one attached hydrogen (secondary N) is 2. The zero-order chi connectivity index (χ0) is 14.0. The molecule has 5 nitrogen and oxygen atoms in total. The van der Waals surface area contributed by atoms with E-state index < -0.39 is 9.84 Å². The summed E-state index contributed by atoms with van der Waals surface area (Å²) in [5.41, 5.74) is 0.946. The highest BCUT2D eigenvalue weighted by atomic mass is 79.9. The van der Waals surface area contributed by atoms with Crippen LogP contribution < -0.4 is 5.32 Å². The third-order valence-corrected chi connectivity index (χ3v) is 4.02. The molecular formula is C12H11BrN2O3S. The van der Waals surface area contributed by atoms with Gasteiger partial charge in [-0.1, -0.05) is 0 Å². The predicted octanol–water partition coefficient (Wildman–Crippen LogP) is 2.43. The van der Waals surface area contributed by atoms with Gasteiger partial charge in [-0.05, 0) is 46.3 Å². The first-order valence-corrected chi connectivity index (χ1v) is 8.00. The number of benzene rings is 1. The van der Waals surface area contributed by atoms with Gasteiger partial charge in [0.2, 0.25) is 0 Å². The average molecular weight is 343 g/mol. The zero-order valence-corrected chi connectivity index (χ0v) is 12.4. The van der Waals surface area contributed by atoms with Crippen molar-refractivity contribution in [2.24, 2.45) is 0 Å². The van der Waals surface area contributed by atoms with Crippen LogP contribution in [0.3, 0.4) is 0 Å². The topological polar surface area (TPSA) is 79.0 Å². The van der Waals surface area contributed by atoms with Crippen LogP contribution in [0.4, 0.5) is 5.69 Å². The fraction of sp³-hybridized carbons (Fsp3) is 0.0833. The van der Waals surface area contributed by atoms with E-state index in [-0.39, 0.29) is 10.8 Å². The highest BCUT2D eigenvalue weighted by molar-refractivity contribution is 9.10. The maximum absolute atomic E-state index is 11.8. The molecule has 0 aliphatic carbocycles. The van der Waals surface area contributed by atoms with Crippen molar-refractivity contribution in [1.82, 2.24) is 4.98 Å². The molecule has 0 unspecified atom stereocenters. The number of carbonyl (C=O) groups is 1. The number of hydrogen-bond donors (Lipinski definition) is 2. The van der Waals surface area contributed by atoms with Crippen molar-refractivity contribution in [3.63, 3.8) is 0 Å². The summed E-state index contributed by atoms with van der Waals surface area (Å²) in [4.78, 5) is 14.8. The van der Waals surface area contributed by atoms with Gasteiger partial charge in [0.25, 0.3) is 5.91 Å². The Morgan fingerprint density at radius 2 is 1.89 bits per heavy atom. The Labute approximate surface area is 119 Å². The number of aromatic nitrogens is 1. The number of hydrogen-bond acceptors (Lipinski definition) is 3. The average Bonchev–Trinajstić information content (AvgIpc) is 2.75. The molecule has 7 heteroatoms. The van der Waals surface area contributed by atoms with Gasteiger partial charge in [-0.2, -0.15) is 0 Å². The second-order valence-electron chi connectivity index (χ2n) is 3.98. The zero-order valence-electron chi connectivity index (χ0n) is 9.98. The lowest BCUT2D eigenvalue weighted by Gasteiger charge is -2.04. The standard InChI is InChI=1S/C12H11BrN2O3S/c1-19(17,18)10-4-2-9(3-5-10)15-12(16)11-6-8(13)7-14-11/h2-7,14H,1H3,(H,15,16). The summed E-state index contributed by atoms with van der Waals surface area (Å²) in [5, 5.41) is 2.66. The van der Waals surface area contributed by atoms with Crippen molar-refractivity contribution in [1.29, 1.82) is 0 Å². The van der Waals surface area contributed by atoms with E-state index in [1.165, 1.54) is 12.1 Å². The Kier molecular flexibility index (Phi) is 3.77. The first kappa shape index (κ1) is 13.8. The number of carbonyl (C=O) groups excluding carboxylic acids is 1. The number of halogens is 1. The minimum absolute atomic E-state index is 0.216. The second-order valence-corrected chi connectivity index (χ2v) is 6.91. The minimum Gasteiger partial charge on any atom is -0.356 e. The number of H-pyrrole nitrogens is 1. The number of anilines is 1. The van der Waals surface area contributed by atoms with E-state index in [1.54, 1.807) is 24.4 Å². The summed E-state index contributed by atoms with van der Waals surface area (Å²) in [6.45, 7) is 0. The van der Waals surface area contributed by atoms with Gasteiger partial charge in [-0.3, -0.25) is 4.79 Å². The smallest absolute Gasteiger partial charge is 0.272 e. The van der Waals surface area contributed by atoms with Crippen molar-refractivity contribution in [3.05, 3.63) is 46.7 Å². The summed E-state index contributed by atoms with van der Waals surface area (Å²) in [6.07, 6.45) is 2.79. The summed E-state index contributed by atoms with van der Waals surface area (Å²) in [7, 11) is -3.22. The molecule has 1 aromatic carbocycles. The molecule has 0 aliphatic heterocycles. The maximum Gasteiger partial charge on any atom is 0.272 e. The molecule has 0 radical (unpaired) electrons. The predicted molar refractivity (Wildman–Crippen MR) is 76.0 cm³/mol. The van der Waals surface area contributed by atoms with Gasteiger partial charge in [0.1, 0.15) is 5.69 Å². The van der Waals surface area contributed by atoms with Crippen LogP contribution in [-0.2, 0) is 9.84 Å². The van der Waals surface area contributed by atoms with Gasteiger partial charge in [-0.25, -0.2) is 8.42 Å². The number of amides is 1. The normalized spacial score (nSPS) is 11.3. The number of sulfone groups is 1. The molecule has 2 aromatic rings. The van der Waals surface area contributed by atoms with Crippen molar-refractivity contribution in [3.8, 4) is 0 Å². The Balaban J connectivity index is 2.14. The first-order chi connectivity index (χ1) is 8.86. The summed E-state index contributed by atoms with van der Waals surface area (Å²) < 4.78 is 23.4. The molecule has 0 atom stereocenters. The molecule has 0 aliphatic rings. The Hall–Kier alpha value is -1.60. The van der Waals surface area contributed by atoms with Crippen molar-refractivity contribution >= 4 is 37.4 Å². The van der Waals surface area contributed by atoms with Gasteiger partial charge in [0.05, 0.1) is 4.90 Å². The summed E-state index contributed by atoms with van der Waals surface area (Å²) in [5.74, 6) is -0.294. The van der Waals surface area contributed by atoms with Gasteiger partial charge < -0.3 is 10.3 Å². The molecule has 100 valence electrons. The van der Waals surface area contributed by atoms with E-state index in [0.717, 1.165) is 10.7 Å². The lowest BCUT2D eigenvalue weighted by Crippen LogP contribution is -2.12. The van der Waals surface area contributed by atoms with Crippen molar-refractivity contribution < 1.29 is 13.2 Å². The van der Waals surface area contributed by atoms with E-state index in [0.29, 0.717) is 11.4 Å². The molecule has 2 N–H and O–H groups in total. The molecular weight excluding hydrogens is 332 g/mol. The third kappa shape index (κ3) is 3.45. The number of rotatable bonds is 3. The van der Waals surface area contributed by atoms with Crippen LogP contribution in [0.25, 0.3) is 0 Å². The van der Waals surface area contributed by atoms with E-state index in [4.69, 9.17) is 0 Å². The molecule has 0 saturated heterocycles. The maximum atomic E-state index is 11.8. The van der Waals surface area contributed by atoms with Crippen LogP contribution in [0.15, 0.2) is 45.9 Å². The van der Waals surface area contributed by atoms with Crippen molar-refractivity contribution in [2.45, 2.75) is 4.90 Å². The van der Waals surface area contributed by atoms with Gasteiger partial charge in [0, 0.05) is 22.6 Å². The summed E-state index contributed by atoms with van der Waals surface area (Å²) >= 11 is 3.24. The molecule has 1 amide bonds. The van der Waals surface area contributed by atoms with E-state index in [1.807, 2.05) is 0 Å². The number of aromatic amines is 1. The molecule has 0 fully saturated rings. The third-order valence-electron chi connectivity index (χ3n) is 2.43. The van der Waals surface area contributed by atoms with Crippen LogP contribution in [0.2, 0.25) is 0 Å². The Morgan fingerprint density at radius 1 is 1.26 bits per heavy atom. The molecule has 0 spiro atoms. The largest absolute Gasteiger partial charge is 0.356 e. The molecule has 0 saturated carbocycles. The van der Waals surface area contributed by atoms with E-state index >= 15 is 0 Å². The highest BCUT2D eigenvalue weighted by Gasteiger charge is 2.10. The first-order valence-electron chi connectivity index (χ1n) is 5.31. The van der Waals surface area contributed by atoms with Gasteiger partial charge in [0.15, 0.2) is 9.84 Å². The molecule has 2 rings (SSSR count). The highest BCUT2D eigenvalue weighted by Crippen LogP contribution is 2.16. The van der Waals surface area contributed by atoms with Crippen LogP contribution >= 0.6 is 15.9 Å². The summed E-state index contributed by atoms with van der Waals surface area (Å²) in [6, 6.07) is 7.66. The lowest BCUT2D eigenvalue weighted by molar-refractivity contribution is 0.102. The molecule has 1 heterocycles. The molecule has 0 bridgehead atoms. The fourth-order valence-electron chi connectivity index (χ4n) is 1.48. The van der Waals surface area contributed by atoms with Crippen LogP contribution in [-0.4, -0.2) is 25.6 Å². The minimum atomic E-state index is -3.22. The van der Waals surface area contributed by atoms with Crippen LogP contribution in [0, 0.1) is 0 Å². The van der Waals surface area contributed by atoms with Crippen LogP contribution in [0.1, 0.15) is 10.5 Å². The van der Waals surface area contributed by atoms with Crippen molar-refractivity contribution in [2.75, 3.05) is 11.6 Å². The fourth-order valence-corrected chi connectivity index (χ4v) is 2.46. The quantitative estimate of drug-likeness (QED) is 0.898. The SMILES string of the molecule is CS(=O)(=O)c1ccc(NC(=O)c2cc(Br)c[nH]2)cc1. The van der Waals surface area contributed by atoms with E-state index in [2.05, 4.69) is 26.2 Å². The van der Waals surface area contributed by atoms with Gasteiger partial charge >= 0.3 is 0 Å². The monoisotopic (exact) mass is 342 g/mol. The second kappa shape index (κ2) is 5.18. The van der Waals surface area contributed by atoms with Crippen LogP contribution in [0.5, 0.6) is 0 Å². The molecule has 1 aromatic heterocycles.